The molecule has 0 N–H and O–H groups in total. The van der Waals surface area contributed by atoms with Gasteiger partial charge in [0, 0.05) is 19.3 Å². The molecule has 0 bridgehead atoms. The average Bonchev–Trinajstić information content (AvgIpc) is 3.46. The van der Waals surface area contributed by atoms with Crippen molar-refractivity contribution in [3.8, 4) is 0 Å². The molecule has 0 aromatic carbocycles. The van der Waals surface area contributed by atoms with E-state index in [1.165, 1.54) is 57.8 Å². The Balaban J connectivity index is 4.52. The fourth-order valence-corrected chi connectivity index (χ4v) is 8.19. The van der Waals surface area contributed by atoms with E-state index in [0.29, 0.717) is 12.8 Å². The summed E-state index contributed by atoms with van der Waals surface area (Å²) < 4.78 is 16.8. The van der Waals surface area contributed by atoms with E-state index in [0.717, 1.165) is 154 Å². The van der Waals surface area contributed by atoms with Crippen LogP contribution in [0.5, 0.6) is 0 Å². The van der Waals surface area contributed by atoms with Gasteiger partial charge in [0.1, 0.15) is 13.2 Å². The number of ether oxygens (including phenoxy) is 3. The molecule has 6 heteroatoms. The Labute approximate surface area is 492 Å². The highest BCUT2D eigenvalue weighted by Gasteiger charge is 2.19. The molecule has 0 fully saturated rings. The molecule has 0 spiro atoms. The molecule has 0 radical (unpaired) electrons. The van der Waals surface area contributed by atoms with Gasteiger partial charge in [-0.3, -0.25) is 14.4 Å². The van der Waals surface area contributed by atoms with Crippen molar-refractivity contribution in [2.75, 3.05) is 13.2 Å². The number of hydrogen-bond acceptors (Lipinski definition) is 6. The number of carbonyl (C=O) groups is 3. The first kappa shape index (κ1) is 74.8. The van der Waals surface area contributed by atoms with Crippen LogP contribution in [0.25, 0.3) is 0 Å². The maximum absolute atomic E-state index is 12.9. The monoisotopic (exact) mass is 1100 g/mol. The SMILES string of the molecule is CC/C=C\C/C=C\C/C=C\C/C=C\C/C=C\C/C=C\C/C=C\C/C=C\C/C=C\CCCC(=O)OCC(COC(=O)CCCCCCC/C=C\CCCCCCCCC)OC(=O)CCCCCC/C=C\C/C=C\C/C=C\C/C=C\CC. The van der Waals surface area contributed by atoms with Gasteiger partial charge in [0.2, 0.25) is 0 Å². The number of rotatable bonds is 56. The molecule has 0 amide bonds. The van der Waals surface area contributed by atoms with Crippen LogP contribution >= 0.6 is 0 Å². The topological polar surface area (TPSA) is 78.9 Å². The molecule has 0 aliphatic heterocycles. The maximum Gasteiger partial charge on any atom is 0.306 e. The Morgan fingerprint density at radius 1 is 0.263 bits per heavy atom. The number of unbranched alkanes of at least 4 members (excludes halogenated alkanes) is 17. The number of hydrogen-bond donors (Lipinski definition) is 0. The van der Waals surface area contributed by atoms with Crippen molar-refractivity contribution < 1.29 is 28.6 Å². The standard InChI is InChI=1S/C74H116O6/c1-4-7-10-13-16-19-22-25-28-31-32-33-34-35-36-37-38-39-40-41-42-44-46-49-52-55-58-61-64-67-73(76)79-70-71(69-78-72(75)66-63-60-57-54-51-48-45-30-27-24-21-18-15-12-9-6-3)80-74(77)68-65-62-59-56-53-50-47-43-29-26-23-20-17-14-11-8-5-2/h7-8,10-11,16-17,19-20,25-26,28-30,32-33,35-36,38-39,41-42,45-47,49-50,55,58,71H,4-6,9,12-15,18,21-24,27,31,34,37,40,43-44,48,51-54,56-57,59-70H2,1-3H3/b10-7-,11-8-,19-16-,20-17-,28-25-,29-26-,33-32-,36-35-,39-38-,42-41-,45-30-,49-46-,50-47-,58-55-. The summed E-state index contributed by atoms with van der Waals surface area (Å²) >= 11 is 0. The van der Waals surface area contributed by atoms with E-state index in [9.17, 15) is 14.4 Å². The van der Waals surface area contributed by atoms with Gasteiger partial charge in [-0.25, -0.2) is 0 Å². The van der Waals surface area contributed by atoms with Gasteiger partial charge in [0.25, 0.3) is 0 Å². The zero-order valence-electron chi connectivity index (χ0n) is 51.3. The van der Waals surface area contributed by atoms with Gasteiger partial charge >= 0.3 is 17.9 Å². The highest BCUT2D eigenvalue weighted by Crippen LogP contribution is 2.13. The van der Waals surface area contributed by atoms with Gasteiger partial charge in [-0.2, -0.15) is 0 Å². The van der Waals surface area contributed by atoms with Gasteiger partial charge in [-0.05, 0) is 148 Å². The lowest BCUT2D eigenvalue weighted by Gasteiger charge is -2.18. The highest BCUT2D eigenvalue weighted by molar-refractivity contribution is 5.71. The van der Waals surface area contributed by atoms with Crippen molar-refractivity contribution in [1.29, 1.82) is 0 Å². The van der Waals surface area contributed by atoms with Crippen LogP contribution in [0.4, 0.5) is 0 Å². The minimum atomic E-state index is -0.828. The van der Waals surface area contributed by atoms with Crippen LogP contribution in [0, 0.1) is 0 Å². The predicted octanol–water partition coefficient (Wildman–Crippen LogP) is 22.3. The van der Waals surface area contributed by atoms with Crippen LogP contribution in [-0.2, 0) is 28.6 Å². The normalized spacial score (nSPS) is 13.3. The third kappa shape index (κ3) is 63.6. The van der Waals surface area contributed by atoms with Gasteiger partial charge in [0.05, 0.1) is 0 Å². The summed E-state index contributed by atoms with van der Waals surface area (Å²) in [6, 6.07) is 0. The second kappa shape index (κ2) is 66.3. The molecular weight excluding hydrogens is 985 g/mol. The van der Waals surface area contributed by atoms with Gasteiger partial charge in [-0.15, -0.1) is 0 Å². The first-order chi connectivity index (χ1) is 39.5. The van der Waals surface area contributed by atoms with E-state index in [-0.39, 0.29) is 44.0 Å². The van der Waals surface area contributed by atoms with Crippen LogP contribution < -0.4 is 0 Å². The Morgan fingerprint density at radius 2 is 0.500 bits per heavy atom. The second-order valence-corrected chi connectivity index (χ2v) is 20.5. The number of esters is 3. The summed E-state index contributed by atoms with van der Waals surface area (Å²) in [7, 11) is 0. The van der Waals surface area contributed by atoms with E-state index in [1.54, 1.807) is 0 Å². The minimum absolute atomic E-state index is 0.118. The van der Waals surface area contributed by atoms with Crippen molar-refractivity contribution in [3.63, 3.8) is 0 Å². The van der Waals surface area contributed by atoms with Crippen molar-refractivity contribution in [1.82, 2.24) is 0 Å². The van der Waals surface area contributed by atoms with Crippen molar-refractivity contribution in [3.05, 3.63) is 170 Å². The summed E-state index contributed by atoms with van der Waals surface area (Å²) in [6.45, 7) is 6.33. The van der Waals surface area contributed by atoms with Crippen LogP contribution in [0.15, 0.2) is 170 Å². The molecule has 1 atom stereocenters. The molecule has 448 valence electrons. The molecule has 6 nitrogen and oxygen atoms in total. The second-order valence-electron chi connectivity index (χ2n) is 20.5. The largest absolute Gasteiger partial charge is 0.462 e. The predicted molar refractivity (Wildman–Crippen MR) is 348 cm³/mol. The lowest BCUT2D eigenvalue weighted by Crippen LogP contribution is -2.30. The quantitative estimate of drug-likeness (QED) is 0.0261. The zero-order chi connectivity index (χ0) is 57.8. The first-order valence-electron chi connectivity index (χ1n) is 32.1. The molecule has 0 rings (SSSR count). The van der Waals surface area contributed by atoms with Crippen LogP contribution in [0.1, 0.15) is 258 Å². The fourth-order valence-electron chi connectivity index (χ4n) is 8.19. The van der Waals surface area contributed by atoms with Crippen LogP contribution in [0.3, 0.4) is 0 Å². The van der Waals surface area contributed by atoms with E-state index in [2.05, 4.69) is 191 Å². The van der Waals surface area contributed by atoms with Gasteiger partial charge < -0.3 is 14.2 Å². The van der Waals surface area contributed by atoms with Crippen LogP contribution in [-0.4, -0.2) is 37.2 Å². The third-order valence-corrected chi connectivity index (χ3v) is 12.9. The zero-order valence-corrected chi connectivity index (χ0v) is 51.3. The minimum Gasteiger partial charge on any atom is -0.462 e. The van der Waals surface area contributed by atoms with E-state index >= 15 is 0 Å². The number of allylic oxidation sites excluding steroid dienone is 28. The molecule has 0 saturated carbocycles. The fraction of sp³-hybridized carbons (Fsp3) is 0.581. The molecule has 0 aliphatic carbocycles. The molecule has 1 unspecified atom stereocenters. The smallest absolute Gasteiger partial charge is 0.306 e. The summed E-state index contributed by atoms with van der Waals surface area (Å²) in [5.41, 5.74) is 0. The Hall–Kier alpha value is -5.23. The molecule has 80 heavy (non-hydrogen) atoms. The Kier molecular flexibility index (Phi) is 61.9. The molecule has 0 aliphatic rings. The van der Waals surface area contributed by atoms with E-state index < -0.39 is 6.10 Å². The average molecular weight is 1100 g/mol. The van der Waals surface area contributed by atoms with Crippen molar-refractivity contribution in [2.24, 2.45) is 0 Å². The lowest BCUT2D eigenvalue weighted by molar-refractivity contribution is -0.167. The molecule has 0 heterocycles. The molecular formula is C74H116O6. The summed E-state index contributed by atoms with van der Waals surface area (Å²) in [6.07, 6.45) is 97.9. The summed E-state index contributed by atoms with van der Waals surface area (Å²) in [5, 5.41) is 0. The molecule has 0 aromatic rings. The highest BCUT2D eigenvalue weighted by atomic mass is 16.6. The summed E-state index contributed by atoms with van der Waals surface area (Å²) in [5.74, 6) is -1.02. The van der Waals surface area contributed by atoms with E-state index in [1.807, 2.05) is 0 Å². The Morgan fingerprint density at radius 3 is 0.825 bits per heavy atom. The van der Waals surface area contributed by atoms with Crippen molar-refractivity contribution >= 4 is 17.9 Å². The van der Waals surface area contributed by atoms with Crippen LogP contribution in [0.2, 0.25) is 0 Å². The lowest BCUT2D eigenvalue weighted by atomic mass is 10.1. The summed E-state index contributed by atoms with van der Waals surface area (Å²) in [4.78, 5) is 38.3. The van der Waals surface area contributed by atoms with Crippen molar-refractivity contribution in [2.45, 2.75) is 264 Å². The number of carbonyl (C=O) groups excluding carboxylic acids is 3. The van der Waals surface area contributed by atoms with E-state index in [4.69, 9.17) is 14.2 Å². The molecule has 0 aromatic heterocycles. The Bertz CT molecular complexity index is 1840. The molecule has 0 saturated heterocycles. The third-order valence-electron chi connectivity index (χ3n) is 12.9. The first-order valence-corrected chi connectivity index (χ1v) is 32.1. The maximum atomic E-state index is 12.9. The van der Waals surface area contributed by atoms with Gasteiger partial charge in [-0.1, -0.05) is 262 Å². The van der Waals surface area contributed by atoms with Gasteiger partial charge in [0.15, 0.2) is 6.10 Å².